The first-order valence-corrected chi connectivity index (χ1v) is 10.1. The van der Waals surface area contributed by atoms with E-state index in [-0.39, 0.29) is 11.2 Å². The molecule has 7 heteroatoms. The van der Waals surface area contributed by atoms with Gasteiger partial charge in [-0.1, -0.05) is 23.7 Å². The van der Waals surface area contributed by atoms with E-state index in [0.29, 0.717) is 23.9 Å². The average molecular weight is 404 g/mol. The number of ether oxygens (including phenoxy) is 1. The number of rotatable bonds is 8. The van der Waals surface area contributed by atoms with Crippen LogP contribution in [0.4, 0.5) is 0 Å². The molecule has 0 radical (unpaired) electrons. The van der Waals surface area contributed by atoms with Crippen molar-refractivity contribution in [3.05, 3.63) is 59.4 Å². The van der Waals surface area contributed by atoms with Crippen LogP contribution < -0.4 is 4.74 Å². The molecule has 5 nitrogen and oxygen atoms in total. The van der Waals surface area contributed by atoms with E-state index >= 15 is 0 Å². The second-order valence-electron chi connectivity index (χ2n) is 6.21. The van der Waals surface area contributed by atoms with Crippen molar-refractivity contribution in [2.75, 3.05) is 26.0 Å². The summed E-state index contributed by atoms with van der Waals surface area (Å²) in [5, 5.41) is 0.783. The van der Waals surface area contributed by atoms with Crippen LogP contribution >= 0.6 is 23.4 Å². The predicted molar refractivity (Wildman–Crippen MR) is 112 cm³/mol. The third-order valence-electron chi connectivity index (χ3n) is 4.18. The Balaban J connectivity index is 1.43. The van der Waals surface area contributed by atoms with Crippen LogP contribution in [0.5, 0.6) is 5.75 Å². The summed E-state index contributed by atoms with van der Waals surface area (Å²) >= 11 is 7.42. The lowest BCUT2D eigenvalue weighted by atomic mass is 10.3. The Bertz CT molecular complexity index is 865. The summed E-state index contributed by atoms with van der Waals surface area (Å²) in [6.07, 6.45) is 0. The van der Waals surface area contributed by atoms with Gasteiger partial charge < -0.3 is 14.6 Å². The number of hydrogen-bond donors (Lipinski definition) is 1. The summed E-state index contributed by atoms with van der Waals surface area (Å²) in [5.41, 5.74) is 1.96. The molecule has 0 aliphatic rings. The van der Waals surface area contributed by atoms with Gasteiger partial charge in [0.2, 0.25) is 5.91 Å². The average Bonchev–Trinajstić information content (AvgIpc) is 3.11. The summed E-state index contributed by atoms with van der Waals surface area (Å²) in [5.74, 6) is 2.11. The monoisotopic (exact) mass is 403 g/mol. The van der Waals surface area contributed by atoms with Gasteiger partial charge in [0.05, 0.1) is 28.6 Å². The van der Waals surface area contributed by atoms with E-state index in [9.17, 15) is 4.79 Å². The molecule has 0 aliphatic heterocycles. The fourth-order valence-corrected chi connectivity index (χ4v) is 3.51. The van der Waals surface area contributed by atoms with Crippen LogP contribution in [0.2, 0.25) is 5.02 Å². The molecule has 0 bridgehead atoms. The van der Waals surface area contributed by atoms with Crippen LogP contribution in [0.1, 0.15) is 18.0 Å². The first-order valence-electron chi connectivity index (χ1n) is 8.71. The van der Waals surface area contributed by atoms with Gasteiger partial charge in [-0.3, -0.25) is 4.79 Å². The first-order chi connectivity index (χ1) is 13.0. The van der Waals surface area contributed by atoms with Crippen molar-refractivity contribution in [2.45, 2.75) is 12.2 Å². The van der Waals surface area contributed by atoms with Crippen LogP contribution in [0.25, 0.3) is 11.0 Å². The van der Waals surface area contributed by atoms with E-state index in [1.807, 2.05) is 36.4 Å². The van der Waals surface area contributed by atoms with Crippen molar-refractivity contribution in [3.8, 4) is 5.75 Å². The number of fused-ring (bicyclic) bond motifs is 1. The maximum Gasteiger partial charge on any atom is 0.232 e. The van der Waals surface area contributed by atoms with E-state index in [0.717, 1.165) is 22.6 Å². The molecule has 1 atom stereocenters. The highest BCUT2D eigenvalue weighted by Gasteiger charge is 2.15. The normalized spacial score (nSPS) is 12.1. The van der Waals surface area contributed by atoms with Gasteiger partial charge in [0.25, 0.3) is 0 Å². The Morgan fingerprint density at radius 2 is 2.00 bits per heavy atom. The standard InChI is InChI=1S/C20H22ClN3O2S/c1-14(20-22-17-5-3-4-6-18(17)23-20)27-13-19(25)24(2)11-12-26-16-9-7-15(21)8-10-16/h3-10,14H,11-13H2,1-2H3,(H,22,23). The second-order valence-corrected chi connectivity index (χ2v) is 7.98. The highest BCUT2D eigenvalue weighted by molar-refractivity contribution is 8.00. The smallest absolute Gasteiger partial charge is 0.232 e. The summed E-state index contributed by atoms with van der Waals surface area (Å²) in [7, 11) is 1.79. The zero-order chi connectivity index (χ0) is 19.2. The summed E-state index contributed by atoms with van der Waals surface area (Å²) in [6, 6.07) is 15.1. The summed E-state index contributed by atoms with van der Waals surface area (Å²) in [4.78, 5) is 21.9. The number of imidazole rings is 1. The Hall–Kier alpha value is -2.18. The number of hydrogen-bond acceptors (Lipinski definition) is 4. The molecule has 0 aliphatic carbocycles. The number of benzene rings is 2. The minimum Gasteiger partial charge on any atom is -0.492 e. The number of para-hydroxylation sites is 2. The van der Waals surface area contributed by atoms with Crippen molar-refractivity contribution >= 4 is 40.3 Å². The second kappa shape index (κ2) is 9.15. The Labute approximate surface area is 168 Å². The van der Waals surface area contributed by atoms with E-state index < -0.39 is 0 Å². The molecule has 1 amide bonds. The molecule has 0 fully saturated rings. The lowest BCUT2D eigenvalue weighted by Gasteiger charge is -2.18. The van der Waals surface area contributed by atoms with Crippen molar-refractivity contribution in [3.63, 3.8) is 0 Å². The number of amides is 1. The van der Waals surface area contributed by atoms with Gasteiger partial charge in [-0.2, -0.15) is 0 Å². The molecule has 0 spiro atoms. The number of aromatic nitrogens is 2. The molecule has 1 heterocycles. The highest BCUT2D eigenvalue weighted by atomic mass is 35.5. The lowest BCUT2D eigenvalue weighted by Crippen LogP contribution is -2.32. The molecule has 1 N–H and O–H groups in total. The van der Waals surface area contributed by atoms with Crippen molar-refractivity contribution in [1.29, 1.82) is 0 Å². The molecule has 0 saturated carbocycles. The molecule has 27 heavy (non-hydrogen) atoms. The van der Waals surface area contributed by atoms with E-state index in [4.69, 9.17) is 16.3 Å². The number of carbonyl (C=O) groups is 1. The number of thioether (sulfide) groups is 1. The topological polar surface area (TPSA) is 58.2 Å². The van der Waals surface area contributed by atoms with Gasteiger partial charge in [-0.15, -0.1) is 11.8 Å². The van der Waals surface area contributed by atoms with Crippen LogP contribution in [0, 0.1) is 0 Å². The molecular formula is C20H22ClN3O2S. The number of likely N-dealkylation sites (N-methyl/N-ethyl adjacent to an activating group) is 1. The van der Waals surface area contributed by atoms with Gasteiger partial charge in [0.15, 0.2) is 0 Å². The van der Waals surface area contributed by atoms with Crippen molar-refractivity contribution < 1.29 is 9.53 Å². The van der Waals surface area contributed by atoms with E-state index in [1.54, 1.807) is 35.8 Å². The number of aromatic amines is 1. The van der Waals surface area contributed by atoms with Crippen molar-refractivity contribution in [2.24, 2.45) is 0 Å². The number of carbonyl (C=O) groups excluding carboxylic acids is 1. The van der Waals surface area contributed by atoms with E-state index in [2.05, 4.69) is 16.9 Å². The lowest BCUT2D eigenvalue weighted by molar-refractivity contribution is -0.127. The van der Waals surface area contributed by atoms with Crippen LogP contribution in [-0.2, 0) is 4.79 Å². The number of nitrogens with zero attached hydrogens (tertiary/aromatic N) is 2. The summed E-state index contributed by atoms with van der Waals surface area (Å²) in [6.45, 7) is 3.02. The largest absolute Gasteiger partial charge is 0.492 e. The van der Waals surface area contributed by atoms with Crippen LogP contribution in [0.15, 0.2) is 48.5 Å². The van der Waals surface area contributed by atoms with Gasteiger partial charge in [-0.05, 0) is 43.3 Å². The van der Waals surface area contributed by atoms with Crippen LogP contribution in [0.3, 0.4) is 0 Å². The minimum atomic E-state index is 0.0719. The van der Waals surface area contributed by atoms with E-state index in [1.165, 1.54) is 0 Å². The van der Waals surface area contributed by atoms with Crippen LogP contribution in [-0.4, -0.2) is 46.7 Å². The van der Waals surface area contributed by atoms with Gasteiger partial charge in [0.1, 0.15) is 18.2 Å². The van der Waals surface area contributed by atoms with Gasteiger partial charge >= 0.3 is 0 Å². The zero-order valence-corrected chi connectivity index (χ0v) is 16.9. The van der Waals surface area contributed by atoms with Gasteiger partial charge in [-0.25, -0.2) is 4.98 Å². The Kier molecular flexibility index (Phi) is 6.63. The highest BCUT2D eigenvalue weighted by Crippen LogP contribution is 2.27. The Morgan fingerprint density at radius 1 is 1.26 bits per heavy atom. The Morgan fingerprint density at radius 3 is 2.74 bits per heavy atom. The fraction of sp³-hybridized carbons (Fsp3) is 0.300. The SMILES string of the molecule is CC(SCC(=O)N(C)CCOc1ccc(Cl)cc1)c1nc2ccccc2[nH]1. The first kappa shape index (κ1) is 19.6. The number of nitrogens with one attached hydrogen (secondary N) is 1. The zero-order valence-electron chi connectivity index (χ0n) is 15.3. The fourth-order valence-electron chi connectivity index (χ4n) is 2.51. The molecule has 1 unspecified atom stereocenters. The van der Waals surface area contributed by atoms with Gasteiger partial charge in [0, 0.05) is 12.1 Å². The molecule has 1 aromatic heterocycles. The molecule has 0 saturated heterocycles. The quantitative estimate of drug-likeness (QED) is 0.599. The van der Waals surface area contributed by atoms with Crippen molar-refractivity contribution in [1.82, 2.24) is 14.9 Å². The number of H-pyrrole nitrogens is 1. The summed E-state index contributed by atoms with van der Waals surface area (Å²) < 4.78 is 5.64. The predicted octanol–water partition coefficient (Wildman–Crippen LogP) is 4.55. The molecular weight excluding hydrogens is 382 g/mol. The molecule has 142 valence electrons. The number of halogens is 1. The third kappa shape index (κ3) is 5.40. The third-order valence-corrected chi connectivity index (χ3v) is 5.57. The minimum absolute atomic E-state index is 0.0719. The maximum atomic E-state index is 12.3. The maximum absolute atomic E-state index is 12.3. The molecule has 3 aromatic rings. The molecule has 2 aromatic carbocycles. The molecule has 3 rings (SSSR count).